The number of hydrogen-bond acceptors (Lipinski definition) is 5. The molecule has 0 N–H and O–H groups in total. The second-order valence-corrected chi connectivity index (χ2v) is 9.40. The van der Waals surface area contributed by atoms with E-state index in [2.05, 4.69) is 48.0 Å². The van der Waals surface area contributed by atoms with Crippen LogP contribution in [-0.4, -0.2) is 58.6 Å². The quantitative estimate of drug-likeness (QED) is 0.793. The third kappa shape index (κ3) is 3.61. The van der Waals surface area contributed by atoms with Crippen LogP contribution in [0.1, 0.15) is 35.7 Å². The number of hydrogen-bond donors (Lipinski definition) is 0. The molecule has 2 aliphatic rings. The Morgan fingerprint density at radius 1 is 1.25 bits per heavy atom. The summed E-state index contributed by atoms with van der Waals surface area (Å²) >= 11 is 1.63. The molecule has 1 saturated heterocycles. The van der Waals surface area contributed by atoms with Crippen molar-refractivity contribution in [2.45, 2.75) is 57.9 Å². The van der Waals surface area contributed by atoms with Crippen molar-refractivity contribution in [2.75, 3.05) is 20.1 Å². The maximum Gasteiger partial charge on any atom is 0.243 e. The summed E-state index contributed by atoms with van der Waals surface area (Å²) in [5, 5.41) is 3.09. The Hall–Kier alpha value is -1.76. The van der Waals surface area contributed by atoms with Gasteiger partial charge >= 0.3 is 0 Å². The van der Waals surface area contributed by atoms with Crippen LogP contribution >= 0.6 is 11.3 Å². The number of ether oxygens (including phenoxy) is 1. The van der Waals surface area contributed by atoms with E-state index >= 15 is 0 Å². The van der Waals surface area contributed by atoms with Gasteiger partial charge in [-0.1, -0.05) is 24.3 Å². The van der Waals surface area contributed by atoms with E-state index in [1.54, 1.807) is 11.3 Å². The number of carbonyl (C=O) groups is 1. The summed E-state index contributed by atoms with van der Waals surface area (Å²) in [5.41, 5.74) is 3.02. The first-order valence-electron chi connectivity index (χ1n) is 10.0. The van der Waals surface area contributed by atoms with Crippen LogP contribution in [0, 0.1) is 6.92 Å². The van der Waals surface area contributed by atoms with Crippen LogP contribution in [0.15, 0.2) is 29.6 Å². The van der Waals surface area contributed by atoms with Crippen molar-refractivity contribution in [2.24, 2.45) is 0 Å². The third-order valence-electron chi connectivity index (χ3n) is 5.92. The van der Waals surface area contributed by atoms with Crippen molar-refractivity contribution >= 4 is 17.2 Å². The molecule has 150 valence electrons. The predicted octanol–water partition coefficient (Wildman–Crippen LogP) is 3.06. The number of benzene rings is 1. The van der Waals surface area contributed by atoms with Gasteiger partial charge in [0.15, 0.2) is 0 Å². The summed E-state index contributed by atoms with van der Waals surface area (Å²) in [6, 6.07) is 8.49. The number of morpholine rings is 1. The van der Waals surface area contributed by atoms with Crippen molar-refractivity contribution in [1.82, 2.24) is 14.8 Å². The molecule has 2 heterocycles. The number of amides is 1. The number of likely N-dealkylation sites (N-methyl/N-ethyl adjacent to an activating group) is 1. The minimum Gasteiger partial charge on any atom is -0.373 e. The molecular formula is C22H29N3O2S. The molecule has 1 aliphatic heterocycles. The summed E-state index contributed by atoms with van der Waals surface area (Å²) in [6.45, 7) is 8.33. The second-order valence-electron chi connectivity index (χ2n) is 8.34. The highest BCUT2D eigenvalue weighted by molar-refractivity contribution is 7.09. The fourth-order valence-corrected chi connectivity index (χ4v) is 5.39. The van der Waals surface area contributed by atoms with Crippen LogP contribution in [-0.2, 0) is 28.9 Å². The summed E-state index contributed by atoms with van der Waals surface area (Å²) in [4.78, 5) is 22.7. The number of nitrogens with zero attached hydrogens (tertiary/aromatic N) is 3. The molecule has 4 rings (SSSR count). The van der Waals surface area contributed by atoms with Crippen molar-refractivity contribution in [1.29, 1.82) is 0 Å². The number of carbonyl (C=O) groups excluding carboxylic acids is 1. The Kier molecular flexibility index (Phi) is 5.29. The van der Waals surface area contributed by atoms with E-state index in [4.69, 9.17) is 4.74 Å². The van der Waals surface area contributed by atoms with Gasteiger partial charge in [-0.25, -0.2) is 4.98 Å². The minimum absolute atomic E-state index is 0.128. The fraction of sp³-hybridized carbons (Fsp3) is 0.545. The van der Waals surface area contributed by atoms with Crippen molar-refractivity contribution < 1.29 is 9.53 Å². The topological polar surface area (TPSA) is 45.7 Å². The first-order valence-corrected chi connectivity index (χ1v) is 10.9. The molecule has 28 heavy (non-hydrogen) atoms. The Bertz CT molecular complexity index is 830. The van der Waals surface area contributed by atoms with Gasteiger partial charge in [0.2, 0.25) is 5.91 Å². The van der Waals surface area contributed by atoms with Crippen LogP contribution in [0.2, 0.25) is 0 Å². The van der Waals surface area contributed by atoms with Crippen LogP contribution < -0.4 is 0 Å². The summed E-state index contributed by atoms with van der Waals surface area (Å²) in [5.74, 6) is 0.190. The molecule has 0 spiro atoms. The molecule has 1 amide bonds. The summed E-state index contributed by atoms with van der Waals surface area (Å²) in [6.07, 6.45) is 1.79. The van der Waals surface area contributed by atoms with Gasteiger partial charge in [0.1, 0.15) is 5.54 Å². The zero-order valence-electron chi connectivity index (χ0n) is 17.1. The molecule has 5 nitrogen and oxygen atoms in total. The molecule has 0 bridgehead atoms. The third-order valence-corrected chi connectivity index (χ3v) is 6.74. The minimum atomic E-state index is -0.532. The molecule has 1 fully saturated rings. The highest BCUT2D eigenvalue weighted by Gasteiger charge is 2.51. The largest absolute Gasteiger partial charge is 0.373 e. The van der Waals surface area contributed by atoms with Crippen LogP contribution in [0.5, 0.6) is 0 Å². The number of aryl methyl sites for hydroxylation is 1. The highest BCUT2D eigenvalue weighted by atomic mass is 32.1. The molecule has 1 aliphatic carbocycles. The molecule has 6 heteroatoms. The molecule has 1 aromatic heterocycles. The van der Waals surface area contributed by atoms with E-state index < -0.39 is 5.54 Å². The van der Waals surface area contributed by atoms with Crippen LogP contribution in [0.25, 0.3) is 0 Å². The molecule has 2 aromatic rings. The molecular weight excluding hydrogens is 370 g/mol. The lowest BCUT2D eigenvalue weighted by Crippen LogP contribution is -2.64. The average Bonchev–Trinajstić information content (AvgIpc) is 3.24. The maximum atomic E-state index is 13.9. The molecule has 2 atom stereocenters. The highest BCUT2D eigenvalue weighted by Crippen LogP contribution is 2.38. The van der Waals surface area contributed by atoms with Crippen LogP contribution in [0.4, 0.5) is 0 Å². The first kappa shape index (κ1) is 19.6. The summed E-state index contributed by atoms with van der Waals surface area (Å²) in [7, 11) is 1.91. The Labute approximate surface area is 171 Å². The van der Waals surface area contributed by atoms with E-state index in [1.165, 1.54) is 11.1 Å². The zero-order valence-corrected chi connectivity index (χ0v) is 18.0. The van der Waals surface area contributed by atoms with Gasteiger partial charge in [-0.3, -0.25) is 9.69 Å². The number of aromatic nitrogens is 1. The van der Waals surface area contributed by atoms with Gasteiger partial charge in [-0.05, 0) is 31.9 Å². The van der Waals surface area contributed by atoms with Gasteiger partial charge in [0.05, 0.1) is 29.5 Å². The Balaban J connectivity index is 1.64. The molecule has 0 saturated carbocycles. The van der Waals surface area contributed by atoms with E-state index in [0.29, 0.717) is 6.54 Å². The first-order chi connectivity index (χ1) is 13.4. The van der Waals surface area contributed by atoms with Gasteiger partial charge in [-0.15, -0.1) is 11.3 Å². The number of rotatable bonds is 4. The molecule has 0 radical (unpaired) electrons. The molecule has 0 unspecified atom stereocenters. The van der Waals surface area contributed by atoms with Crippen molar-refractivity contribution in [3.05, 3.63) is 51.5 Å². The summed E-state index contributed by atoms with van der Waals surface area (Å²) < 4.78 is 5.96. The maximum absolute atomic E-state index is 13.9. The van der Waals surface area contributed by atoms with E-state index in [9.17, 15) is 4.79 Å². The van der Waals surface area contributed by atoms with Gasteiger partial charge in [0, 0.05) is 38.4 Å². The Morgan fingerprint density at radius 2 is 1.86 bits per heavy atom. The Morgan fingerprint density at radius 3 is 2.39 bits per heavy atom. The average molecular weight is 400 g/mol. The lowest BCUT2D eigenvalue weighted by Gasteiger charge is -2.47. The predicted molar refractivity (Wildman–Crippen MR) is 111 cm³/mol. The fourth-order valence-electron chi connectivity index (χ4n) is 4.78. The van der Waals surface area contributed by atoms with E-state index in [1.807, 2.05) is 24.3 Å². The van der Waals surface area contributed by atoms with Crippen molar-refractivity contribution in [3.63, 3.8) is 0 Å². The SMILES string of the molecule is Cc1nc(CN(C)C(=O)C2(N3C[C@@H](C)O[C@@H](C)C3)Cc3ccccc3C2)cs1. The number of fused-ring (bicyclic) bond motifs is 1. The van der Waals surface area contributed by atoms with Crippen LogP contribution in [0.3, 0.4) is 0 Å². The zero-order chi connectivity index (χ0) is 19.9. The van der Waals surface area contributed by atoms with E-state index in [-0.39, 0.29) is 18.1 Å². The van der Waals surface area contributed by atoms with Crippen molar-refractivity contribution in [3.8, 4) is 0 Å². The van der Waals surface area contributed by atoms with E-state index in [0.717, 1.165) is 36.6 Å². The normalized spacial score (nSPS) is 24.1. The van der Waals surface area contributed by atoms with Gasteiger partial charge in [0.25, 0.3) is 0 Å². The lowest BCUT2D eigenvalue weighted by molar-refractivity contribution is -0.153. The monoisotopic (exact) mass is 399 g/mol. The smallest absolute Gasteiger partial charge is 0.243 e. The number of thiazole rings is 1. The standard InChI is InChI=1S/C22H29N3O2S/c1-15-11-25(12-16(2)27-15)22(9-18-7-5-6-8-19(18)10-22)21(26)24(4)13-20-14-28-17(3)23-20/h5-8,14-16H,9-13H2,1-4H3/t15-,16+. The second kappa shape index (κ2) is 7.58. The molecule has 1 aromatic carbocycles. The lowest BCUT2D eigenvalue weighted by atomic mass is 9.89. The van der Waals surface area contributed by atoms with Gasteiger partial charge in [-0.2, -0.15) is 0 Å². The van der Waals surface area contributed by atoms with Gasteiger partial charge < -0.3 is 9.64 Å².